The summed E-state index contributed by atoms with van der Waals surface area (Å²) in [5.41, 5.74) is 0.523. The fourth-order valence-electron chi connectivity index (χ4n) is 0.800. The van der Waals surface area contributed by atoms with Crippen LogP contribution in [0.1, 0.15) is 0 Å². The Morgan fingerprint density at radius 3 is 2.73 bits per heavy atom. The van der Waals surface area contributed by atoms with E-state index >= 15 is 0 Å². The molecule has 0 fully saturated rings. The van der Waals surface area contributed by atoms with E-state index in [1.54, 1.807) is 7.05 Å². The van der Waals surface area contributed by atoms with Crippen molar-refractivity contribution in [3.8, 4) is 0 Å². The van der Waals surface area contributed by atoms with Gasteiger partial charge in [0.15, 0.2) is 6.73 Å². The van der Waals surface area contributed by atoms with Crippen molar-refractivity contribution in [3.63, 3.8) is 0 Å². The Kier molecular flexibility index (Phi) is 4.21. The molecule has 0 atom stereocenters. The number of hydrogen-bond donors (Lipinski definition) is 0. The highest BCUT2D eigenvalue weighted by Gasteiger charge is 1.93. The zero-order valence-corrected chi connectivity index (χ0v) is 8.13. The second-order valence-electron chi connectivity index (χ2n) is 2.72. The first kappa shape index (κ1) is 11.1. The highest BCUT2D eigenvalue weighted by Crippen LogP contribution is 2.12. The molecule has 6 heteroatoms. The molecule has 0 unspecified atom stereocenters. The van der Waals surface area contributed by atoms with Gasteiger partial charge in [-0.25, -0.2) is 9.40 Å². The smallest absolute Gasteiger partial charge is 0.294 e. The fraction of sp³-hybridized carbons (Fsp3) is 0.222. The summed E-state index contributed by atoms with van der Waals surface area (Å²) in [6, 6.07) is 5.56. The molecule has 1 aromatic carbocycles. The standard InChI is InChI=1S/C9H10FN3O2/c1-13(6-15-7-14)12-11-9-4-2-8(10)3-5-9/h2-5,7H,6H2,1H3/b12-11+. The Morgan fingerprint density at radius 2 is 2.13 bits per heavy atom. The van der Waals surface area contributed by atoms with Crippen LogP contribution in [0.3, 0.4) is 0 Å². The molecule has 0 aliphatic rings. The van der Waals surface area contributed by atoms with E-state index in [0.29, 0.717) is 12.2 Å². The third-order valence-corrected chi connectivity index (χ3v) is 1.47. The molecule has 0 aliphatic heterocycles. The van der Waals surface area contributed by atoms with E-state index in [-0.39, 0.29) is 12.5 Å². The van der Waals surface area contributed by atoms with Gasteiger partial charge in [0.2, 0.25) is 0 Å². The second-order valence-corrected chi connectivity index (χ2v) is 2.72. The summed E-state index contributed by atoms with van der Waals surface area (Å²) >= 11 is 0. The summed E-state index contributed by atoms with van der Waals surface area (Å²) in [6.45, 7) is 0.345. The number of carbonyl (C=O) groups is 1. The summed E-state index contributed by atoms with van der Waals surface area (Å²) in [5.74, 6) is -0.327. The molecule has 0 aromatic heterocycles. The number of rotatable bonds is 5. The molecule has 0 saturated heterocycles. The van der Waals surface area contributed by atoms with Gasteiger partial charge in [0, 0.05) is 7.05 Å². The number of nitrogens with zero attached hydrogens (tertiary/aromatic N) is 3. The largest absolute Gasteiger partial charge is 0.445 e. The molecule has 80 valence electrons. The predicted octanol–water partition coefficient (Wildman–Crippen LogP) is 1.89. The van der Waals surface area contributed by atoms with Crippen molar-refractivity contribution in [1.82, 2.24) is 5.01 Å². The number of carbonyl (C=O) groups excluding carboxylic acids is 1. The molecule has 5 nitrogen and oxygen atoms in total. The lowest BCUT2D eigenvalue weighted by Crippen LogP contribution is -2.13. The maximum absolute atomic E-state index is 12.5. The molecular formula is C9H10FN3O2. The van der Waals surface area contributed by atoms with Gasteiger partial charge in [-0.2, -0.15) is 0 Å². The van der Waals surface area contributed by atoms with Crippen LogP contribution in [0.25, 0.3) is 0 Å². The quantitative estimate of drug-likeness (QED) is 0.323. The van der Waals surface area contributed by atoms with Crippen molar-refractivity contribution < 1.29 is 13.9 Å². The van der Waals surface area contributed by atoms with Gasteiger partial charge in [-0.05, 0) is 24.3 Å². The van der Waals surface area contributed by atoms with E-state index in [0.717, 1.165) is 0 Å². The van der Waals surface area contributed by atoms with Gasteiger partial charge >= 0.3 is 0 Å². The van der Waals surface area contributed by atoms with Crippen molar-refractivity contribution in [1.29, 1.82) is 0 Å². The van der Waals surface area contributed by atoms with Crippen molar-refractivity contribution in [2.45, 2.75) is 0 Å². The van der Waals surface area contributed by atoms with Crippen molar-refractivity contribution in [2.24, 2.45) is 10.3 Å². The van der Waals surface area contributed by atoms with Gasteiger partial charge in [-0.1, -0.05) is 5.22 Å². The lowest BCUT2D eigenvalue weighted by atomic mass is 10.3. The third-order valence-electron chi connectivity index (χ3n) is 1.47. The van der Waals surface area contributed by atoms with Crippen LogP contribution in [0.4, 0.5) is 10.1 Å². The highest BCUT2D eigenvalue weighted by atomic mass is 19.1. The highest BCUT2D eigenvalue weighted by molar-refractivity contribution is 5.36. The second kappa shape index (κ2) is 5.69. The average molecular weight is 211 g/mol. The Hall–Kier alpha value is -1.98. The molecule has 1 aromatic rings. The van der Waals surface area contributed by atoms with E-state index in [2.05, 4.69) is 15.1 Å². The lowest BCUT2D eigenvalue weighted by molar-refractivity contribution is -0.132. The summed E-state index contributed by atoms with van der Waals surface area (Å²) < 4.78 is 16.9. The van der Waals surface area contributed by atoms with Crippen LogP contribution < -0.4 is 0 Å². The first-order valence-corrected chi connectivity index (χ1v) is 4.16. The monoisotopic (exact) mass is 211 g/mol. The minimum Gasteiger partial charge on any atom is -0.445 e. The van der Waals surface area contributed by atoms with Crippen LogP contribution in [-0.4, -0.2) is 25.3 Å². The van der Waals surface area contributed by atoms with Crippen LogP contribution in [0.5, 0.6) is 0 Å². The number of benzene rings is 1. The summed E-state index contributed by atoms with van der Waals surface area (Å²) in [5, 5.41) is 8.83. The first-order chi connectivity index (χ1) is 7.22. The number of halogens is 1. The maximum atomic E-state index is 12.5. The zero-order valence-electron chi connectivity index (χ0n) is 8.13. The van der Waals surface area contributed by atoms with E-state index in [4.69, 9.17) is 0 Å². The molecule has 0 amide bonds. The third kappa shape index (κ3) is 4.17. The Morgan fingerprint density at radius 1 is 1.47 bits per heavy atom. The molecule has 0 bridgehead atoms. The zero-order chi connectivity index (χ0) is 11.1. The van der Waals surface area contributed by atoms with Crippen molar-refractivity contribution in [3.05, 3.63) is 30.1 Å². The SMILES string of the molecule is CN(COC=O)/N=N/c1ccc(F)cc1. The van der Waals surface area contributed by atoms with Crippen LogP contribution in [0, 0.1) is 5.82 Å². The number of hydrogen-bond acceptors (Lipinski definition) is 4. The summed E-state index contributed by atoms with van der Waals surface area (Å²) in [6.07, 6.45) is 0. The average Bonchev–Trinajstić information content (AvgIpc) is 2.25. The van der Waals surface area contributed by atoms with Gasteiger partial charge in [-0.3, -0.25) is 4.79 Å². The molecule has 0 N–H and O–H groups in total. The molecule has 0 saturated carbocycles. The van der Waals surface area contributed by atoms with E-state index in [9.17, 15) is 9.18 Å². The number of ether oxygens (including phenoxy) is 1. The molecule has 15 heavy (non-hydrogen) atoms. The first-order valence-electron chi connectivity index (χ1n) is 4.16. The van der Waals surface area contributed by atoms with Crippen LogP contribution in [0.15, 0.2) is 34.6 Å². The molecule has 0 heterocycles. The normalized spacial score (nSPS) is 10.3. The van der Waals surface area contributed by atoms with Gasteiger partial charge in [0.25, 0.3) is 6.47 Å². The Bertz CT molecular complexity index is 340. The molecule has 0 radical (unpaired) electrons. The lowest BCUT2D eigenvalue weighted by Gasteiger charge is -2.07. The molecule has 0 aliphatic carbocycles. The van der Waals surface area contributed by atoms with E-state index in [1.165, 1.54) is 29.3 Å². The molecule has 0 spiro atoms. The molecular weight excluding hydrogens is 201 g/mol. The topological polar surface area (TPSA) is 54.3 Å². The summed E-state index contributed by atoms with van der Waals surface area (Å²) in [7, 11) is 1.59. The van der Waals surface area contributed by atoms with Gasteiger partial charge in [-0.15, -0.1) is 5.11 Å². The van der Waals surface area contributed by atoms with E-state index in [1.807, 2.05) is 0 Å². The predicted molar refractivity (Wildman–Crippen MR) is 50.7 cm³/mol. The minimum absolute atomic E-state index is 0.0220. The molecule has 1 rings (SSSR count). The van der Waals surface area contributed by atoms with Crippen molar-refractivity contribution >= 4 is 12.2 Å². The Labute approximate surface area is 86.1 Å². The fourth-order valence-corrected chi connectivity index (χ4v) is 0.800. The summed E-state index contributed by atoms with van der Waals surface area (Å²) in [4.78, 5) is 9.86. The maximum Gasteiger partial charge on any atom is 0.294 e. The van der Waals surface area contributed by atoms with Crippen LogP contribution in [0.2, 0.25) is 0 Å². The van der Waals surface area contributed by atoms with Gasteiger partial charge < -0.3 is 4.74 Å². The van der Waals surface area contributed by atoms with E-state index < -0.39 is 0 Å². The van der Waals surface area contributed by atoms with Crippen LogP contribution in [-0.2, 0) is 9.53 Å². The van der Waals surface area contributed by atoms with Gasteiger partial charge in [0.1, 0.15) is 5.82 Å². The van der Waals surface area contributed by atoms with Crippen LogP contribution >= 0.6 is 0 Å². The van der Waals surface area contributed by atoms with Crippen molar-refractivity contribution in [2.75, 3.05) is 13.8 Å². The van der Waals surface area contributed by atoms with Gasteiger partial charge in [0.05, 0.1) is 5.69 Å². The minimum atomic E-state index is -0.327. The Balaban J connectivity index is 2.49.